The molecule has 0 saturated heterocycles. The largest absolute Gasteiger partial charge is 0.478 e. The van der Waals surface area contributed by atoms with Gasteiger partial charge in [-0.05, 0) is 44.8 Å². The fraction of sp³-hybridized carbons (Fsp3) is 0.333. The molecule has 1 aromatic heterocycles. The number of carbonyl (C=O) groups is 1. The number of carboxylic acids is 1. The monoisotopic (exact) mass is 331 g/mol. The number of rotatable bonds is 9. The fourth-order valence-corrected chi connectivity index (χ4v) is 2.39. The lowest BCUT2D eigenvalue weighted by Crippen LogP contribution is -2.24. The van der Waals surface area contributed by atoms with Crippen LogP contribution in [0.4, 0.5) is 4.39 Å². The number of nitrogens with one attached hydrogen (secondary N) is 1. The van der Waals surface area contributed by atoms with E-state index in [1.807, 2.05) is 13.1 Å². The third-order valence-corrected chi connectivity index (χ3v) is 3.66. The summed E-state index contributed by atoms with van der Waals surface area (Å²) < 4.78 is 13.6. The zero-order valence-electron chi connectivity index (χ0n) is 13.7. The molecule has 1 aromatic carbocycles. The Kier molecular flexibility index (Phi) is 6.84. The van der Waals surface area contributed by atoms with Crippen molar-refractivity contribution in [1.82, 2.24) is 15.2 Å². The van der Waals surface area contributed by atoms with Crippen LogP contribution in [0.3, 0.4) is 0 Å². The Balaban J connectivity index is 1.67. The summed E-state index contributed by atoms with van der Waals surface area (Å²) in [5.74, 6) is -1.12. The highest BCUT2D eigenvalue weighted by Crippen LogP contribution is 2.08. The molecule has 0 aliphatic carbocycles. The SMILES string of the molecule is CN(CCCNCc1cc(C(=O)O)ccn1)Cc1ccccc1F. The van der Waals surface area contributed by atoms with Crippen LogP contribution in [0.2, 0.25) is 0 Å². The normalized spacial score (nSPS) is 11.0. The van der Waals surface area contributed by atoms with Crippen molar-refractivity contribution in [3.05, 3.63) is 65.2 Å². The number of aromatic carboxylic acids is 1. The van der Waals surface area contributed by atoms with E-state index in [1.165, 1.54) is 18.3 Å². The molecule has 2 N–H and O–H groups in total. The molecule has 2 rings (SSSR count). The van der Waals surface area contributed by atoms with E-state index in [4.69, 9.17) is 5.11 Å². The summed E-state index contributed by atoms with van der Waals surface area (Å²) in [6.45, 7) is 2.72. The van der Waals surface area contributed by atoms with Gasteiger partial charge in [-0.15, -0.1) is 0 Å². The smallest absolute Gasteiger partial charge is 0.335 e. The van der Waals surface area contributed by atoms with E-state index in [2.05, 4.69) is 15.2 Å². The molecule has 5 nitrogen and oxygen atoms in total. The second-order valence-electron chi connectivity index (χ2n) is 5.70. The quantitative estimate of drug-likeness (QED) is 0.691. The van der Waals surface area contributed by atoms with Gasteiger partial charge in [0.2, 0.25) is 0 Å². The Bertz CT molecular complexity index is 679. The van der Waals surface area contributed by atoms with Gasteiger partial charge < -0.3 is 15.3 Å². The molecular weight excluding hydrogens is 309 g/mol. The lowest BCUT2D eigenvalue weighted by Gasteiger charge is -2.17. The first-order valence-corrected chi connectivity index (χ1v) is 7.87. The second-order valence-corrected chi connectivity index (χ2v) is 5.70. The Morgan fingerprint density at radius 3 is 2.88 bits per heavy atom. The molecule has 0 saturated carbocycles. The molecule has 24 heavy (non-hydrogen) atoms. The van der Waals surface area contributed by atoms with Gasteiger partial charge >= 0.3 is 5.97 Å². The van der Waals surface area contributed by atoms with Crippen LogP contribution >= 0.6 is 0 Å². The number of benzene rings is 1. The highest BCUT2D eigenvalue weighted by molar-refractivity contribution is 5.87. The van der Waals surface area contributed by atoms with Crippen molar-refractivity contribution in [2.75, 3.05) is 20.1 Å². The molecule has 6 heteroatoms. The van der Waals surface area contributed by atoms with Crippen LogP contribution in [0, 0.1) is 5.82 Å². The molecule has 0 aliphatic rings. The maximum atomic E-state index is 13.6. The van der Waals surface area contributed by atoms with Gasteiger partial charge in [-0.1, -0.05) is 18.2 Å². The summed E-state index contributed by atoms with van der Waals surface area (Å²) >= 11 is 0. The van der Waals surface area contributed by atoms with E-state index in [1.54, 1.807) is 18.2 Å². The predicted molar refractivity (Wildman–Crippen MR) is 90.3 cm³/mol. The Morgan fingerprint density at radius 1 is 1.33 bits per heavy atom. The van der Waals surface area contributed by atoms with Gasteiger partial charge in [-0.25, -0.2) is 9.18 Å². The zero-order valence-corrected chi connectivity index (χ0v) is 13.7. The van der Waals surface area contributed by atoms with E-state index >= 15 is 0 Å². The van der Waals surface area contributed by atoms with E-state index in [9.17, 15) is 9.18 Å². The summed E-state index contributed by atoms with van der Waals surface area (Å²) in [6.07, 6.45) is 2.41. The third kappa shape index (κ3) is 5.72. The fourth-order valence-electron chi connectivity index (χ4n) is 2.39. The lowest BCUT2D eigenvalue weighted by atomic mass is 10.2. The lowest BCUT2D eigenvalue weighted by molar-refractivity contribution is 0.0696. The molecule has 1 heterocycles. The molecule has 0 unspecified atom stereocenters. The van der Waals surface area contributed by atoms with E-state index in [-0.39, 0.29) is 11.4 Å². The number of aromatic nitrogens is 1. The molecule has 0 atom stereocenters. The van der Waals surface area contributed by atoms with Gasteiger partial charge in [-0.3, -0.25) is 4.98 Å². The number of halogens is 1. The molecule has 0 aliphatic heterocycles. The minimum absolute atomic E-state index is 0.174. The number of pyridine rings is 1. The summed E-state index contributed by atoms with van der Waals surface area (Å²) in [7, 11) is 1.96. The Hall–Kier alpha value is -2.31. The van der Waals surface area contributed by atoms with Gasteiger partial charge in [0.05, 0.1) is 11.3 Å². The molecule has 0 radical (unpaired) electrons. The van der Waals surface area contributed by atoms with Crippen LogP contribution in [0.1, 0.15) is 28.0 Å². The number of hydrogen-bond acceptors (Lipinski definition) is 4. The minimum atomic E-state index is -0.951. The standard InChI is InChI=1S/C18H22FN3O2/c1-22(13-15-5-2-3-6-17(15)19)10-4-8-20-12-16-11-14(18(23)24)7-9-21-16/h2-3,5-7,9,11,20H,4,8,10,12-13H2,1H3,(H,23,24). The van der Waals surface area contributed by atoms with Crippen LogP contribution in [-0.2, 0) is 13.1 Å². The molecule has 0 bridgehead atoms. The van der Waals surface area contributed by atoms with Crippen molar-refractivity contribution < 1.29 is 14.3 Å². The first-order chi connectivity index (χ1) is 11.6. The van der Waals surface area contributed by atoms with Crippen molar-refractivity contribution in [3.8, 4) is 0 Å². The number of carboxylic acid groups (broad SMARTS) is 1. The van der Waals surface area contributed by atoms with Gasteiger partial charge in [0.25, 0.3) is 0 Å². The molecular formula is C18H22FN3O2. The summed E-state index contributed by atoms with van der Waals surface area (Å²) in [5, 5.41) is 12.2. The summed E-state index contributed by atoms with van der Waals surface area (Å²) in [6, 6.07) is 9.85. The molecule has 128 valence electrons. The van der Waals surface area contributed by atoms with Crippen LogP contribution < -0.4 is 5.32 Å². The van der Waals surface area contributed by atoms with Gasteiger partial charge in [-0.2, -0.15) is 0 Å². The minimum Gasteiger partial charge on any atom is -0.478 e. The third-order valence-electron chi connectivity index (χ3n) is 3.66. The highest BCUT2D eigenvalue weighted by atomic mass is 19.1. The average molecular weight is 331 g/mol. The maximum absolute atomic E-state index is 13.6. The summed E-state index contributed by atoms with van der Waals surface area (Å²) in [4.78, 5) is 17.1. The van der Waals surface area contributed by atoms with Crippen LogP contribution in [0.25, 0.3) is 0 Å². The maximum Gasteiger partial charge on any atom is 0.335 e. The topological polar surface area (TPSA) is 65.5 Å². The Morgan fingerprint density at radius 2 is 2.12 bits per heavy atom. The first kappa shape index (κ1) is 18.0. The molecule has 2 aromatic rings. The van der Waals surface area contributed by atoms with Crippen LogP contribution in [-0.4, -0.2) is 41.1 Å². The van der Waals surface area contributed by atoms with Crippen molar-refractivity contribution in [2.24, 2.45) is 0 Å². The van der Waals surface area contributed by atoms with Gasteiger partial charge in [0, 0.05) is 24.8 Å². The summed E-state index contributed by atoms with van der Waals surface area (Å²) in [5.41, 5.74) is 1.64. The zero-order chi connectivity index (χ0) is 17.4. The van der Waals surface area contributed by atoms with E-state index in [0.717, 1.165) is 19.5 Å². The number of nitrogens with zero attached hydrogens (tertiary/aromatic N) is 2. The Labute approximate surface area is 141 Å². The van der Waals surface area contributed by atoms with Crippen molar-refractivity contribution >= 4 is 5.97 Å². The van der Waals surface area contributed by atoms with E-state index < -0.39 is 5.97 Å². The first-order valence-electron chi connectivity index (χ1n) is 7.87. The molecule has 0 spiro atoms. The molecule has 0 fully saturated rings. The van der Waals surface area contributed by atoms with Crippen LogP contribution in [0.5, 0.6) is 0 Å². The second kappa shape index (κ2) is 9.10. The number of hydrogen-bond donors (Lipinski definition) is 2. The van der Waals surface area contributed by atoms with Crippen molar-refractivity contribution in [3.63, 3.8) is 0 Å². The van der Waals surface area contributed by atoms with Gasteiger partial charge in [0.15, 0.2) is 0 Å². The van der Waals surface area contributed by atoms with Crippen molar-refractivity contribution in [1.29, 1.82) is 0 Å². The molecule has 0 amide bonds. The highest BCUT2D eigenvalue weighted by Gasteiger charge is 2.06. The average Bonchev–Trinajstić information content (AvgIpc) is 2.57. The van der Waals surface area contributed by atoms with E-state index in [0.29, 0.717) is 24.3 Å². The van der Waals surface area contributed by atoms with Crippen LogP contribution in [0.15, 0.2) is 42.6 Å². The van der Waals surface area contributed by atoms with Crippen molar-refractivity contribution in [2.45, 2.75) is 19.5 Å². The van der Waals surface area contributed by atoms with Gasteiger partial charge in [0.1, 0.15) is 5.82 Å². The predicted octanol–water partition coefficient (Wildman–Crippen LogP) is 2.53.